The summed E-state index contributed by atoms with van der Waals surface area (Å²) >= 11 is 7.62. The number of carbonyl (C=O) groups excluding carboxylic acids is 1. The van der Waals surface area contributed by atoms with E-state index in [-0.39, 0.29) is 43.4 Å². The van der Waals surface area contributed by atoms with E-state index in [1.165, 1.54) is 18.2 Å². The Bertz CT molecular complexity index is 1470. The number of pyridine rings is 1. The number of hydrogen-bond donors (Lipinski definition) is 1. The van der Waals surface area contributed by atoms with Crippen molar-refractivity contribution in [3.63, 3.8) is 0 Å². The smallest absolute Gasteiger partial charge is 0.246 e. The zero-order valence-corrected chi connectivity index (χ0v) is 19.8. The zero-order valence-electron chi connectivity index (χ0n) is 18.2. The molecule has 0 bridgehead atoms. The molecule has 0 spiro atoms. The number of nitrogens with zero attached hydrogens (tertiary/aromatic N) is 4. The molecular weight excluding hydrogens is 480 g/mol. The fraction of sp³-hybridized carbons (Fsp3) is 0.208. The summed E-state index contributed by atoms with van der Waals surface area (Å²) in [5.41, 5.74) is 7.43. The lowest BCUT2D eigenvalue weighted by Gasteiger charge is -2.41. The molecule has 2 aromatic carbocycles. The van der Waals surface area contributed by atoms with Gasteiger partial charge in [-0.1, -0.05) is 29.5 Å². The molecule has 1 atom stereocenters. The normalized spacial score (nSPS) is 16.4. The molecule has 0 radical (unpaired) electrons. The third-order valence-corrected chi connectivity index (χ3v) is 7.30. The molecule has 4 aromatic rings. The minimum Gasteiger partial charge on any atom is -0.375 e. The van der Waals surface area contributed by atoms with E-state index >= 15 is 4.39 Å². The molecule has 1 saturated heterocycles. The molecule has 1 aliphatic heterocycles. The lowest BCUT2D eigenvalue weighted by Crippen LogP contribution is -2.53. The predicted molar refractivity (Wildman–Crippen MR) is 133 cm³/mol. The largest absolute Gasteiger partial charge is 0.375 e. The lowest BCUT2D eigenvalue weighted by atomic mass is 10.00. The van der Waals surface area contributed by atoms with Crippen LogP contribution in [0.5, 0.6) is 0 Å². The van der Waals surface area contributed by atoms with Gasteiger partial charge in [-0.25, -0.2) is 13.8 Å². The Morgan fingerprint density at radius 3 is 2.82 bits per heavy atom. The second kappa shape index (κ2) is 8.48. The Morgan fingerprint density at radius 2 is 2.09 bits per heavy atom. The lowest BCUT2D eigenvalue weighted by molar-refractivity contribution is -0.126. The highest BCUT2D eigenvalue weighted by molar-refractivity contribution is 7.22. The van der Waals surface area contributed by atoms with Crippen LogP contribution in [0.4, 0.5) is 19.6 Å². The molecule has 34 heavy (non-hydrogen) atoms. The van der Waals surface area contributed by atoms with E-state index in [9.17, 15) is 9.18 Å². The van der Waals surface area contributed by atoms with Crippen molar-refractivity contribution in [2.75, 3.05) is 30.3 Å². The summed E-state index contributed by atoms with van der Waals surface area (Å²) in [6, 6.07) is 6.19. The summed E-state index contributed by atoms with van der Waals surface area (Å²) in [7, 11) is 0. The number of amides is 1. The van der Waals surface area contributed by atoms with E-state index in [4.69, 9.17) is 17.3 Å². The Hall–Kier alpha value is -3.30. The number of nitrogens with two attached hydrogens (primary N) is 1. The van der Waals surface area contributed by atoms with Gasteiger partial charge in [-0.3, -0.25) is 9.78 Å². The number of nitrogen functional groups attached to an aromatic ring is 1. The first-order chi connectivity index (χ1) is 16.3. The van der Waals surface area contributed by atoms with Crippen LogP contribution >= 0.6 is 22.9 Å². The second-order valence-electron chi connectivity index (χ2n) is 8.13. The standard InChI is InChI=1S/C24H20ClF2N5OS/c1-3-18(33)31-8-9-32(12(2)11-31)17-6-7-29-21-14(17)10-15(25)19(20(21)27)13-4-5-16(26)23-22(13)30-24(28)34-23/h3-7,10,12H,1,8-9,11H2,2H3,(H2,28,30)/t12-/m0/s1. The van der Waals surface area contributed by atoms with Crippen molar-refractivity contribution in [2.24, 2.45) is 0 Å². The molecule has 0 saturated carbocycles. The number of aromatic nitrogens is 2. The van der Waals surface area contributed by atoms with Gasteiger partial charge in [0.2, 0.25) is 5.91 Å². The monoisotopic (exact) mass is 499 g/mol. The average molecular weight is 500 g/mol. The minimum absolute atomic E-state index is 0.0144. The first-order valence-corrected chi connectivity index (χ1v) is 11.8. The van der Waals surface area contributed by atoms with Crippen LogP contribution in [0.3, 0.4) is 0 Å². The van der Waals surface area contributed by atoms with Gasteiger partial charge in [-0.15, -0.1) is 0 Å². The first kappa shape index (κ1) is 22.5. The summed E-state index contributed by atoms with van der Waals surface area (Å²) in [5.74, 6) is -1.20. The molecule has 1 aliphatic rings. The minimum atomic E-state index is -0.614. The van der Waals surface area contributed by atoms with Crippen LogP contribution in [0.2, 0.25) is 5.02 Å². The van der Waals surface area contributed by atoms with E-state index in [0.29, 0.717) is 30.6 Å². The van der Waals surface area contributed by atoms with E-state index in [2.05, 4.69) is 21.4 Å². The number of thiazole rings is 1. The second-order valence-corrected chi connectivity index (χ2v) is 9.57. The van der Waals surface area contributed by atoms with Crippen LogP contribution in [0, 0.1) is 11.6 Å². The Labute approximate surface area is 203 Å². The van der Waals surface area contributed by atoms with E-state index in [1.54, 1.807) is 17.2 Å². The maximum absolute atomic E-state index is 15.9. The molecule has 5 rings (SSSR count). The molecule has 0 unspecified atom stereocenters. The molecule has 3 heterocycles. The molecule has 174 valence electrons. The number of rotatable bonds is 3. The highest BCUT2D eigenvalue weighted by Gasteiger charge is 2.28. The zero-order chi connectivity index (χ0) is 24.1. The summed E-state index contributed by atoms with van der Waals surface area (Å²) in [6.07, 6.45) is 2.86. The molecule has 0 aliphatic carbocycles. The fourth-order valence-corrected chi connectivity index (χ4v) is 5.60. The number of halogens is 3. The molecule has 2 N–H and O–H groups in total. The van der Waals surface area contributed by atoms with Gasteiger partial charge in [0.25, 0.3) is 0 Å². The van der Waals surface area contributed by atoms with Crippen LogP contribution in [0.1, 0.15) is 6.92 Å². The van der Waals surface area contributed by atoms with Gasteiger partial charge < -0.3 is 15.5 Å². The number of carbonyl (C=O) groups is 1. The molecule has 10 heteroatoms. The fourth-order valence-electron chi connectivity index (χ4n) is 4.54. The van der Waals surface area contributed by atoms with Crippen molar-refractivity contribution in [2.45, 2.75) is 13.0 Å². The third-order valence-electron chi connectivity index (χ3n) is 6.11. The molecule has 1 amide bonds. The van der Waals surface area contributed by atoms with E-state index in [1.807, 2.05) is 13.0 Å². The molecule has 6 nitrogen and oxygen atoms in total. The van der Waals surface area contributed by atoms with Crippen LogP contribution in [0.25, 0.3) is 32.2 Å². The van der Waals surface area contributed by atoms with Crippen LogP contribution in [0.15, 0.2) is 43.1 Å². The van der Waals surface area contributed by atoms with Gasteiger partial charge in [0, 0.05) is 54.1 Å². The summed E-state index contributed by atoms with van der Waals surface area (Å²) < 4.78 is 30.5. The Kier molecular flexibility index (Phi) is 5.61. The SMILES string of the molecule is C=CC(=O)N1CCN(c2ccnc3c(F)c(-c4ccc(F)c5sc(N)nc45)c(Cl)cc23)[C@@H](C)C1. The van der Waals surface area contributed by atoms with Crippen molar-refractivity contribution in [3.8, 4) is 11.1 Å². The van der Waals surface area contributed by atoms with Crippen molar-refractivity contribution >= 4 is 60.8 Å². The number of fused-ring (bicyclic) bond motifs is 2. The molecule has 2 aromatic heterocycles. The van der Waals surface area contributed by atoms with Crippen LogP contribution in [-0.2, 0) is 4.79 Å². The van der Waals surface area contributed by atoms with E-state index in [0.717, 1.165) is 17.0 Å². The van der Waals surface area contributed by atoms with Crippen LogP contribution in [-0.4, -0.2) is 46.5 Å². The Balaban J connectivity index is 1.63. The maximum Gasteiger partial charge on any atom is 0.246 e. The summed E-state index contributed by atoms with van der Waals surface area (Å²) in [4.78, 5) is 24.4. The van der Waals surface area contributed by atoms with Crippen molar-refractivity contribution in [1.29, 1.82) is 0 Å². The van der Waals surface area contributed by atoms with Crippen LogP contribution < -0.4 is 10.6 Å². The van der Waals surface area contributed by atoms with Crippen molar-refractivity contribution < 1.29 is 13.6 Å². The Morgan fingerprint density at radius 1 is 1.29 bits per heavy atom. The number of hydrogen-bond acceptors (Lipinski definition) is 6. The van der Waals surface area contributed by atoms with Gasteiger partial charge in [-0.2, -0.15) is 0 Å². The van der Waals surface area contributed by atoms with Gasteiger partial charge in [0.05, 0.1) is 15.2 Å². The first-order valence-electron chi connectivity index (χ1n) is 10.6. The average Bonchev–Trinajstić information content (AvgIpc) is 3.22. The highest BCUT2D eigenvalue weighted by atomic mass is 35.5. The summed E-state index contributed by atoms with van der Waals surface area (Å²) in [5, 5.41) is 0.897. The molecule has 1 fully saturated rings. The number of benzene rings is 2. The van der Waals surface area contributed by atoms with Gasteiger partial charge in [0.1, 0.15) is 11.3 Å². The van der Waals surface area contributed by atoms with E-state index < -0.39 is 11.6 Å². The highest BCUT2D eigenvalue weighted by Crippen LogP contribution is 2.42. The van der Waals surface area contributed by atoms with Gasteiger partial charge >= 0.3 is 0 Å². The topological polar surface area (TPSA) is 75.4 Å². The predicted octanol–water partition coefficient (Wildman–Crippen LogP) is 5.25. The van der Waals surface area contributed by atoms with Gasteiger partial charge in [0.15, 0.2) is 10.9 Å². The maximum atomic E-state index is 15.9. The molecular formula is C24H20ClF2N5OS. The number of anilines is 2. The summed E-state index contributed by atoms with van der Waals surface area (Å²) in [6.45, 7) is 7.16. The van der Waals surface area contributed by atoms with Crippen molar-refractivity contribution in [3.05, 3.63) is 59.8 Å². The number of piperazine rings is 1. The quantitative estimate of drug-likeness (QED) is 0.390. The van der Waals surface area contributed by atoms with Crippen molar-refractivity contribution in [1.82, 2.24) is 14.9 Å². The third kappa shape index (κ3) is 3.56. The van der Waals surface area contributed by atoms with Gasteiger partial charge in [-0.05, 0) is 37.3 Å².